The highest BCUT2D eigenvalue weighted by Gasteiger charge is 2.08. The number of nitrogens with one attached hydrogen (secondary N) is 1. The van der Waals surface area contributed by atoms with Crippen LogP contribution in [0.25, 0.3) is 10.9 Å². The molecular weight excluding hydrogens is 242 g/mol. The number of aromatic nitrogens is 2. The Morgan fingerprint density at radius 3 is 2.95 bits per heavy atom. The quantitative estimate of drug-likeness (QED) is 0.776. The van der Waals surface area contributed by atoms with Crippen LogP contribution in [-0.4, -0.2) is 15.9 Å². The Balaban J connectivity index is 1.73. The molecule has 3 aromatic rings. The summed E-state index contributed by atoms with van der Waals surface area (Å²) < 4.78 is 4.76. The lowest BCUT2D eigenvalue weighted by molar-refractivity contribution is 0.0945. The van der Waals surface area contributed by atoms with Crippen molar-refractivity contribution in [3.8, 4) is 0 Å². The number of para-hydroxylation sites is 1. The van der Waals surface area contributed by atoms with Gasteiger partial charge in [-0.3, -0.25) is 9.78 Å². The highest BCUT2D eigenvalue weighted by molar-refractivity contribution is 5.91. The molecule has 0 bridgehead atoms. The van der Waals surface area contributed by atoms with Crippen LogP contribution in [0.4, 0.5) is 0 Å². The molecule has 0 aliphatic heterocycles. The van der Waals surface area contributed by atoms with Gasteiger partial charge in [-0.1, -0.05) is 24.3 Å². The molecule has 2 heterocycles. The second-order valence-corrected chi connectivity index (χ2v) is 4.05. The molecule has 3 rings (SSSR count). The third-order valence-corrected chi connectivity index (χ3v) is 2.75. The first-order chi connectivity index (χ1) is 9.33. The van der Waals surface area contributed by atoms with E-state index in [-0.39, 0.29) is 11.6 Å². The van der Waals surface area contributed by atoms with Crippen LogP contribution < -0.4 is 5.32 Å². The zero-order valence-corrected chi connectivity index (χ0v) is 10.0. The zero-order valence-electron chi connectivity index (χ0n) is 10.0. The van der Waals surface area contributed by atoms with E-state index in [0.29, 0.717) is 6.54 Å². The number of oxazole rings is 1. The summed E-state index contributed by atoms with van der Waals surface area (Å²) >= 11 is 0. The number of benzene rings is 1. The lowest BCUT2D eigenvalue weighted by Crippen LogP contribution is -2.23. The van der Waals surface area contributed by atoms with Crippen LogP contribution in [-0.2, 0) is 6.54 Å². The molecule has 0 saturated carbocycles. The molecule has 5 heteroatoms. The largest absolute Gasteiger partial charge is 0.451 e. The summed E-state index contributed by atoms with van der Waals surface area (Å²) in [6.45, 7) is 0.358. The predicted octanol–water partition coefficient (Wildman–Crippen LogP) is 2.15. The molecule has 0 unspecified atom stereocenters. The van der Waals surface area contributed by atoms with Gasteiger partial charge in [-0.05, 0) is 12.1 Å². The van der Waals surface area contributed by atoms with Crippen LogP contribution in [0.3, 0.4) is 0 Å². The highest BCUT2D eigenvalue weighted by Crippen LogP contribution is 2.11. The molecule has 0 saturated heterocycles. The van der Waals surface area contributed by atoms with Crippen LogP contribution in [0, 0.1) is 0 Å². The Labute approximate surface area is 109 Å². The molecule has 0 fully saturated rings. The van der Waals surface area contributed by atoms with Crippen molar-refractivity contribution in [1.82, 2.24) is 15.3 Å². The number of hydrogen-bond acceptors (Lipinski definition) is 4. The Bertz CT molecular complexity index is 708. The average Bonchev–Trinajstić information content (AvgIpc) is 2.99. The van der Waals surface area contributed by atoms with E-state index in [4.69, 9.17) is 4.42 Å². The van der Waals surface area contributed by atoms with Crippen molar-refractivity contribution in [3.63, 3.8) is 0 Å². The normalized spacial score (nSPS) is 10.5. The lowest BCUT2D eigenvalue weighted by atomic mass is 10.2. The van der Waals surface area contributed by atoms with Crippen molar-refractivity contribution in [2.75, 3.05) is 0 Å². The summed E-state index contributed by atoms with van der Waals surface area (Å²) in [5, 5.41) is 3.82. The van der Waals surface area contributed by atoms with E-state index in [0.717, 1.165) is 16.6 Å². The van der Waals surface area contributed by atoms with Gasteiger partial charge in [-0.15, -0.1) is 0 Å². The lowest BCUT2D eigenvalue weighted by Gasteiger charge is -2.04. The smallest absolute Gasteiger partial charge is 0.273 e. The number of amides is 1. The van der Waals surface area contributed by atoms with Gasteiger partial charge < -0.3 is 9.73 Å². The van der Waals surface area contributed by atoms with Crippen molar-refractivity contribution in [2.45, 2.75) is 6.54 Å². The molecule has 0 atom stereocenters. The first-order valence-electron chi connectivity index (χ1n) is 5.84. The second kappa shape index (κ2) is 4.89. The topological polar surface area (TPSA) is 68.0 Å². The summed E-state index contributed by atoms with van der Waals surface area (Å²) in [4.78, 5) is 19.9. The van der Waals surface area contributed by atoms with Gasteiger partial charge in [0.15, 0.2) is 12.1 Å². The third-order valence-electron chi connectivity index (χ3n) is 2.75. The fourth-order valence-corrected chi connectivity index (χ4v) is 1.79. The van der Waals surface area contributed by atoms with Crippen LogP contribution in [0.15, 0.2) is 53.5 Å². The van der Waals surface area contributed by atoms with Crippen molar-refractivity contribution in [2.24, 2.45) is 0 Å². The molecule has 1 aromatic carbocycles. The van der Waals surface area contributed by atoms with Crippen molar-refractivity contribution in [1.29, 1.82) is 0 Å². The second-order valence-electron chi connectivity index (χ2n) is 4.05. The summed E-state index contributed by atoms with van der Waals surface area (Å²) in [7, 11) is 0. The summed E-state index contributed by atoms with van der Waals surface area (Å²) in [6.07, 6.45) is 2.53. The van der Waals surface area contributed by atoms with Gasteiger partial charge in [0.2, 0.25) is 0 Å². The van der Waals surface area contributed by atoms with Gasteiger partial charge >= 0.3 is 0 Å². The molecule has 0 aliphatic carbocycles. The Kier molecular flexibility index (Phi) is 2.94. The van der Waals surface area contributed by atoms with E-state index >= 15 is 0 Å². The predicted molar refractivity (Wildman–Crippen MR) is 69.4 cm³/mol. The van der Waals surface area contributed by atoms with Crippen molar-refractivity contribution in [3.05, 3.63) is 60.4 Å². The Morgan fingerprint density at radius 1 is 1.21 bits per heavy atom. The van der Waals surface area contributed by atoms with Gasteiger partial charge in [-0.2, -0.15) is 0 Å². The Hall–Kier alpha value is -2.69. The fraction of sp³-hybridized carbons (Fsp3) is 0.0714. The molecule has 0 radical (unpaired) electrons. The number of fused-ring (bicyclic) bond motifs is 1. The number of pyridine rings is 1. The third kappa shape index (κ3) is 2.44. The van der Waals surface area contributed by atoms with E-state index in [1.807, 2.05) is 36.4 Å². The van der Waals surface area contributed by atoms with Crippen LogP contribution in [0.1, 0.15) is 16.2 Å². The zero-order chi connectivity index (χ0) is 13.1. The van der Waals surface area contributed by atoms with Gasteiger partial charge in [0.1, 0.15) is 6.26 Å². The average molecular weight is 253 g/mol. The van der Waals surface area contributed by atoms with E-state index < -0.39 is 0 Å². The summed E-state index contributed by atoms with van der Waals surface area (Å²) in [6, 6.07) is 11.7. The molecule has 2 aromatic heterocycles. The van der Waals surface area contributed by atoms with E-state index in [1.54, 1.807) is 0 Å². The minimum absolute atomic E-state index is 0.265. The summed E-state index contributed by atoms with van der Waals surface area (Å²) in [5.41, 5.74) is 1.98. The number of nitrogens with zero attached hydrogens (tertiary/aromatic N) is 2. The molecule has 1 N–H and O–H groups in total. The minimum Gasteiger partial charge on any atom is -0.451 e. The molecule has 94 valence electrons. The minimum atomic E-state index is -0.274. The molecular formula is C14H11N3O2. The monoisotopic (exact) mass is 253 g/mol. The van der Waals surface area contributed by atoms with E-state index in [2.05, 4.69) is 15.3 Å². The van der Waals surface area contributed by atoms with Crippen molar-refractivity contribution >= 4 is 16.8 Å². The molecule has 5 nitrogen and oxygen atoms in total. The molecule has 0 spiro atoms. The standard InChI is InChI=1S/C14H11N3O2/c18-14(13-8-19-9-16-13)15-7-11-6-5-10-3-1-2-4-12(10)17-11/h1-6,8-9H,7H2,(H,15,18). The number of carbonyl (C=O) groups excluding carboxylic acids is 1. The highest BCUT2D eigenvalue weighted by atomic mass is 16.3. The van der Waals surface area contributed by atoms with Crippen LogP contribution >= 0.6 is 0 Å². The first kappa shape index (κ1) is 11.4. The Morgan fingerprint density at radius 2 is 2.11 bits per heavy atom. The van der Waals surface area contributed by atoms with E-state index in [1.165, 1.54) is 12.7 Å². The maximum Gasteiger partial charge on any atom is 0.273 e. The summed E-state index contributed by atoms with van der Waals surface area (Å²) in [5.74, 6) is -0.274. The van der Waals surface area contributed by atoms with Gasteiger partial charge in [0.25, 0.3) is 5.91 Å². The van der Waals surface area contributed by atoms with Gasteiger partial charge in [-0.25, -0.2) is 4.98 Å². The number of carbonyl (C=O) groups is 1. The van der Waals surface area contributed by atoms with Gasteiger partial charge in [0, 0.05) is 5.39 Å². The SMILES string of the molecule is O=C(NCc1ccc2ccccc2n1)c1cocn1. The molecule has 0 aliphatic rings. The molecule has 1 amide bonds. The van der Waals surface area contributed by atoms with Crippen LogP contribution in [0.2, 0.25) is 0 Å². The molecule has 19 heavy (non-hydrogen) atoms. The fourth-order valence-electron chi connectivity index (χ4n) is 1.79. The maximum absolute atomic E-state index is 11.7. The maximum atomic E-state index is 11.7. The van der Waals surface area contributed by atoms with E-state index in [9.17, 15) is 4.79 Å². The van der Waals surface area contributed by atoms with Crippen molar-refractivity contribution < 1.29 is 9.21 Å². The van der Waals surface area contributed by atoms with Gasteiger partial charge in [0.05, 0.1) is 17.8 Å². The number of hydrogen-bond donors (Lipinski definition) is 1. The first-order valence-corrected chi connectivity index (χ1v) is 5.84. The number of rotatable bonds is 3. The van der Waals surface area contributed by atoms with Crippen LogP contribution in [0.5, 0.6) is 0 Å².